The third-order valence-corrected chi connectivity index (χ3v) is 4.68. The molecule has 0 radical (unpaired) electrons. The summed E-state index contributed by atoms with van der Waals surface area (Å²) in [5.41, 5.74) is -0.127. The minimum Gasteiger partial charge on any atom is -0.489 e. The SMILES string of the molecule is CCOC(=O)CC(=O)NC1CCC(Oc2cc(=O)n(C)cc2Br)CC1. The molecule has 0 unspecified atom stereocenters. The maximum atomic E-state index is 11.8. The third kappa shape index (κ3) is 5.88. The van der Waals surface area contributed by atoms with Crippen LogP contribution in [0.25, 0.3) is 0 Å². The van der Waals surface area contributed by atoms with Crippen molar-refractivity contribution in [3.05, 3.63) is 27.1 Å². The van der Waals surface area contributed by atoms with Gasteiger partial charge in [-0.3, -0.25) is 14.4 Å². The molecule has 1 amide bonds. The maximum Gasteiger partial charge on any atom is 0.315 e. The number of ether oxygens (including phenoxy) is 2. The van der Waals surface area contributed by atoms with E-state index in [-0.39, 0.29) is 36.6 Å². The Morgan fingerprint density at radius 3 is 2.64 bits per heavy atom. The second-order valence-corrected chi connectivity index (χ2v) is 6.93. The summed E-state index contributed by atoms with van der Waals surface area (Å²) in [5.74, 6) is -0.275. The van der Waals surface area contributed by atoms with Gasteiger partial charge in [-0.1, -0.05) is 0 Å². The summed E-state index contributed by atoms with van der Waals surface area (Å²) in [5, 5.41) is 2.86. The summed E-state index contributed by atoms with van der Waals surface area (Å²) in [4.78, 5) is 34.8. The van der Waals surface area contributed by atoms with Crippen molar-refractivity contribution < 1.29 is 19.1 Å². The van der Waals surface area contributed by atoms with E-state index in [1.165, 1.54) is 10.6 Å². The third-order valence-electron chi connectivity index (χ3n) is 4.09. The fourth-order valence-corrected chi connectivity index (χ4v) is 3.31. The molecule has 8 heteroatoms. The van der Waals surface area contributed by atoms with Crippen LogP contribution in [0.2, 0.25) is 0 Å². The van der Waals surface area contributed by atoms with Crippen LogP contribution in [0.4, 0.5) is 0 Å². The number of hydrogen-bond donors (Lipinski definition) is 1. The van der Waals surface area contributed by atoms with Gasteiger partial charge in [-0.15, -0.1) is 0 Å². The zero-order chi connectivity index (χ0) is 18.4. The number of nitrogens with one attached hydrogen (secondary N) is 1. The topological polar surface area (TPSA) is 86.6 Å². The summed E-state index contributed by atoms with van der Waals surface area (Å²) >= 11 is 3.40. The number of pyridine rings is 1. The number of esters is 1. The Morgan fingerprint density at radius 2 is 2.00 bits per heavy atom. The van der Waals surface area contributed by atoms with E-state index in [9.17, 15) is 14.4 Å². The minimum absolute atomic E-state index is 0.00150. The first-order valence-corrected chi connectivity index (χ1v) is 9.16. The molecular formula is C17H23BrN2O5. The molecule has 1 aliphatic carbocycles. The quantitative estimate of drug-likeness (QED) is 0.567. The minimum atomic E-state index is -0.507. The predicted octanol–water partition coefficient (Wildman–Crippen LogP) is 1.91. The molecule has 1 fully saturated rings. The summed E-state index contributed by atoms with van der Waals surface area (Å²) in [6.07, 6.45) is 4.51. The molecule has 1 aromatic heterocycles. The van der Waals surface area contributed by atoms with Gasteiger partial charge in [0.2, 0.25) is 5.91 Å². The predicted molar refractivity (Wildman–Crippen MR) is 95.4 cm³/mol. The van der Waals surface area contributed by atoms with E-state index in [2.05, 4.69) is 21.2 Å². The van der Waals surface area contributed by atoms with Crippen molar-refractivity contribution in [3.8, 4) is 5.75 Å². The van der Waals surface area contributed by atoms with Crippen LogP contribution in [0, 0.1) is 0 Å². The summed E-state index contributed by atoms with van der Waals surface area (Å²) in [6.45, 7) is 1.98. The van der Waals surface area contributed by atoms with Gasteiger partial charge in [0, 0.05) is 25.4 Å². The number of aromatic nitrogens is 1. The van der Waals surface area contributed by atoms with Crippen LogP contribution in [-0.2, 0) is 21.4 Å². The molecule has 1 aliphatic rings. The van der Waals surface area contributed by atoms with E-state index < -0.39 is 5.97 Å². The highest BCUT2D eigenvalue weighted by atomic mass is 79.9. The number of hydrogen-bond acceptors (Lipinski definition) is 5. The first-order valence-electron chi connectivity index (χ1n) is 8.36. The van der Waals surface area contributed by atoms with E-state index in [0.717, 1.165) is 30.2 Å². The van der Waals surface area contributed by atoms with Crippen LogP contribution in [0.3, 0.4) is 0 Å². The van der Waals surface area contributed by atoms with Crippen molar-refractivity contribution in [1.29, 1.82) is 0 Å². The average molecular weight is 415 g/mol. The van der Waals surface area contributed by atoms with Crippen LogP contribution in [0.5, 0.6) is 5.75 Å². The normalized spacial score (nSPS) is 20.0. The molecule has 7 nitrogen and oxygen atoms in total. The molecule has 0 saturated heterocycles. The molecule has 0 aliphatic heterocycles. The second-order valence-electron chi connectivity index (χ2n) is 6.08. The van der Waals surface area contributed by atoms with Gasteiger partial charge in [-0.25, -0.2) is 0 Å². The Hall–Kier alpha value is -1.83. The lowest BCUT2D eigenvalue weighted by Crippen LogP contribution is -2.40. The Kier molecular flexibility index (Phi) is 7.04. The highest BCUT2D eigenvalue weighted by Crippen LogP contribution is 2.28. The smallest absolute Gasteiger partial charge is 0.315 e. The number of amides is 1. The van der Waals surface area contributed by atoms with Gasteiger partial charge in [0.1, 0.15) is 12.2 Å². The van der Waals surface area contributed by atoms with Crippen molar-refractivity contribution >= 4 is 27.8 Å². The molecule has 1 N–H and O–H groups in total. The highest BCUT2D eigenvalue weighted by Gasteiger charge is 2.25. The van der Waals surface area contributed by atoms with Gasteiger partial charge in [0.25, 0.3) is 5.56 Å². The standard InChI is InChI=1S/C17H23BrN2O5/c1-3-24-17(23)9-15(21)19-11-4-6-12(7-5-11)25-14-8-16(22)20(2)10-13(14)18/h8,10-12H,3-7,9H2,1-2H3,(H,19,21). The summed E-state index contributed by atoms with van der Waals surface area (Å²) < 4.78 is 12.9. The van der Waals surface area contributed by atoms with Crippen molar-refractivity contribution in [1.82, 2.24) is 9.88 Å². The van der Waals surface area contributed by atoms with Gasteiger partial charge in [-0.2, -0.15) is 0 Å². The zero-order valence-corrected chi connectivity index (χ0v) is 16.0. The lowest BCUT2D eigenvalue weighted by atomic mass is 9.93. The van der Waals surface area contributed by atoms with E-state index in [4.69, 9.17) is 9.47 Å². The van der Waals surface area contributed by atoms with Crippen LogP contribution in [0.1, 0.15) is 39.0 Å². The molecular weight excluding hydrogens is 392 g/mol. The Labute approximate surface area is 154 Å². The van der Waals surface area contributed by atoms with Gasteiger partial charge in [-0.05, 0) is 48.5 Å². The molecule has 1 heterocycles. The Morgan fingerprint density at radius 1 is 1.32 bits per heavy atom. The molecule has 1 saturated carbocycles. The first kappa shape index (κ1) is 19.5. The largest absolute Gasteiger partial charge is 0.489 e. The number of carbonyl (C=O) groups is 2. The number of carbonyl (C=O) groups excluding carboxylic acids is 2. The van der Waals surface area contributed by atoms with E-state index >= 15 is 0 Å². The molecule has 1 aromatic rings. The lowest BCUT2D eigenvalue weighted by Gasteiger charge is -2.29. The fourth-order valence-electron chi connectivity index (χ4n) is 2.80. The number of aryl methyl sites for hydroxylation is 1. The molecule has 0 aromatic carbocycles. The summed E-state index contributed by atoms with van der Waals surface area (Å²) in [7, 11) is 1.68. The molecule has 138 valence electrons. The van der Waals surface area contributed by atoms with Crippen LogP contribution in [0.15, 0.2) is 21.5 Å². The van der Waals surface area contributed by atoms with Gasteiger partial charge < -0.3 is 19.4 Å². The Balaban J connectivity index is 1.80. The van der Waals surface area contributed by atoms with Gasteiger partial charge in [0.05, 0.1) is 17.2 Å². The number of halogens is 1. The van der Waals surface area contributed by atoms with Crippen LogP contribution < -0.4 is 15.6 Å². The maximum absolute atomic E-state index is 11.8. The molecule has 25 heavy (non-hydrogen) atoms. The Bertz CT molecular complexity index is 680. The number of nitrogens with zero attached hydrogens (tertiary/aromatic N) is 1. The van der Waals surface area contributed by atoms with Crippen molar-refractivity contribution in [3.63, 3.8) is 0 Å². The molecule has 0 bridgehead atoms. The van der Waals surface area contributed by atoms with Gasteiger partial charge in [0.15, 0.2) is 0 Å². The highest BCUT2D eigenvalue weighted by molar-refractivity contribution is 9.10. The molecule has 2 rings (SSSR count). The molecule has 0 atom stereocenters. The second kappa shape index (κ2) is 9.03. The zero-order valence-electron chi connectivity index (χ0n) is 14.4. The van der Waals surface area contributed by atoms with Gasteiger partial charge >= 0.3 is 5.97 Å². The first-order chi connectivity index (χ1) is 11.9. The van der Waals surface area contributed by atoms with E-state index in [1.807, 2.05) is 0 Å². The van der Waals surface area contributed by atoms with Crippen LogP contribution >= 0.6 is 15.9 Å². The van der Waals surface area contributed by atoms with Crippen molar-refractivity contribution in [2.45, 2.75) is 51.2 Å². The van der Waals surface area contributed by atoms with Crippen molar-refractivity contribution in [2.24, 2.45) is 7.05 Å². The molecule has 0 spiro atoms. The lowest BCUT2D eigenvalue weighted by molar-refractivity contribution is -0.146. The van der Waals surface area contributed by atoms with E-state index in [0.29, 0.717) is 5.75 Å². The number of rotatable bonds is 6. The summed E-state index contributed by atoms with van der Waals surface area (Å²) in [6, 6.07) is 1.51. The van der Waals surface area contributed by atoms with Crippen LogP contribution in [-0.4, -0.2) is 35.2 Å². The fraction of sp³-hybridized carbons (Fsp3) is 0.588. The monoisotopic (exact) mass is 414 g/mol. The van der Waals surface area contributed by atoms with Crippen molar-refractivity contribution in [2.75, 3.05) is 6.61 Å². The average Bonchev–Trinajstić information content (AvgIpc) is 2.54. The van der Waals surface area contributed by atoms with E-state index in [1.54, 1.807) is 20.2 Å².